The largest absolute Gasteiger partial charge is 0.372 e. The van der Waals surface area contributed by atoms with Crippen LogP contribution in [0.4, 0.5) is 5.69 Å². The van der Waals surface area contributed by atoms with Crippen LogP contribution in [0.15, 0.2) is 61.2 Å². The van der Waals surface area contributed by atoms with Gasteiger partial charge >= 0.3 is 0 Å². The van der Waals surface area contributed by atoms with Gasteiger partial charge in [0.15, 0.2) is 0 Å². The molecule has 0 saturated heterocycles. The Morgan fingerprint density at radius 2 is 1.48 bits per heavy atom. The summed E-state index contributed by atoms with van der Waals surface area (Å²) in [4.78, 5) is 2.46. The Kier molecular flexibility index (Phi) is 5.62. The van der Waals surface area contributed by atoms with Crippen molar-refractivity contribution in [3.8, 4) is 0 Å². The first kappa shape index (κ1) is 15.4. The predicted molar refractivity (Wildman–Crippen MR) is 93.8 cm³/mol. The van der Waals surface area contributed by atoms with Crippen LogP contribution in [-0.4, -0.2) is 13.1 Å². The van der Waals surface area contributed by atoms with Crippen molar-refractivity contribution in [3.05, 3.63) is 72.3 Å². The lowest BCUT2D eigenvalue weighted by Crippen LogP contribution is -2.24. The molecule has 0 radical (unpaired) electrons. The summed E-state index contributed by atoms with van der Waals surface area (Å²) < 4.78 is 0. The van der Waals surface area contributed by atoms with E-state index in [0.29, 0.717) is 0 Å². The van der Waals surface area contributed by atoms with Gasteiger partial charge in [0.05, 0.1) is 0 Å². The van der Waals surface area contributed by atoms with Crippen LogP contribution < -0.4 is 4.90 Å². The number of anilines is 1. The highest BCUT2D eigenvalue weighted by molar-refractivity contribution is 5.79. The van der Waals surface area contributed by atoms with E-state index < -0.39 is 0 Å². The minimum Gasteiger partial charge on any atom is -0.372 e. The fraction of sp³-hybridized carbons (Fsp3) is 0.300. The molecule has 0 aliphatic carbocycles. The highest BCUT2D eigenvalue weighted by Gasteiger charge is 2.07. The van der Waals surface area contributed by atoms with Gasteiger partial charge in [-0.1, -0.05) is 62.9 Å². The Morgan fingerprint density at radius 3 is 2.10 bits per heavy atom. The van der Waals surface area contributed by atoms with Crippen molar-refractivity contribution in [2.24, 2.45) is 0 Å². The minimum atomic E-state index is 1.09. The van der Waals surface area contributed by atoms with Gasteiger partial charge < -0.3 is 4.90 Å². The Bertz CT molecular complexity index is 565. The molecule has 0 atom stereocenters. The van der Waals surface area contributed by atoms with Crippen LogP contribution in [0.5, 0.6) is 0 Å². The SMILES string of the molecule is C=C(c1ccccc1)c1cccc(N(CCC)CCC)c1. The zero-order chi connectivity index (χ0) is 15.1. The molecule has 0 spiro atoms. The van der Waals surface area contributed by atoms with Gasteiger partial charge in [-0.3, -0.25) is 0 Å². The zero-order valence-electron chi connectivity index (χ0n) is 13.2. The zero-order valence-corrected chi connectivity index (χ0v) is 13.2. The second-order valence-electron chi connectivity index (χ2n) is 5.38. The van der Waals surface area contributed by atoms with Crippen LogP contribution in [0, 0.1) is 0 Å². The third-order valence-electron chi connectivity index (χ3n) is 3.67. The van der Waals surface area contributed by atoms with E-state index in [4.69, 9.17) is 0 Å². The van der Waals surface area contributed by atoms with Crippen molar-refractivity contribution in [1.29, 1.82) is 0 Å². The molecule has 0 aromatic heterocycles. The topological polar surface area (TPSA) is 3.24 Å². The fourth-order valence-corrected chi connectivity index (χ4v) is 2.61. The molecule has 0 amide bonds. The summed E-state index contributed by atoms with van der Waals surface area (Å²) in [5.41, 5.74) is 4.78. The summed E-state index contributed by atoms with van der Waals surface area (Å²) in [6.45, 7) is 10.9. The maximum atomic E-state index is 4.27. The quantitative estimate of drug-likeness (QED) is 0.658. The van der Waals surface area contributed by atoms with E-state index in [-0.39, 0.29) is 0 Å². The Balaban J connectivity index is 2.26. The molecule has 0 bridgehead atoms. The van der Waals surface area contributed by atoms with Gasteiger partial charge in [-0.15, -0.1) is 0 Å². The van der Waals surface area contributed by atoms with E-state index >= 15 is 0 Å². The van der Waals surface area contributed by atoms with Crippen molar-refractivity contribution >= 4 is 11.3 Å². The van der Waals surface area contributed by atoms with Gasteiger partial charge in [-0.2, -0.15) is 0 Å². The molecule has 0 aliphatic rings. The van der Waals surface area contributed by atoms with E-state index in [9.17, 15) is 0 Å². The lowest BCUT2D eigenvalue weighted by Gasteiger charge is -2.24. The highest BCUT2D eigenvalue weighted by Crippen LogP contribution is 2.25. The first-order chi connectivity index (χ1) is 10.3. The molecule has 2 aromatic rings. The van der Waals surface area contributed by atoms with Crippen LogP contribution in [0.25, 0.3) is 5.57 Å². The van der Waals surface area contributed by atoms with Gasteiger partial charge in [0.25, 0.3) is 0 Å². The molecule has 0 N–H and O–H groups in total. The van der Waals surface area contributed by atoms with Crippen molar-refractivity contribution in [2.45, 2.75) is 26.7 Å². The van der Waals surface area contributed by atoms with E-state index in [0.717, 1.165) is 18.7 Å². The van der Waals surface area contributed by atoms with Crippen LogP contribution in [0.1, 0.15) is 37.8 Å². The van der Waals surface area contributed by atoms with Gasteiger partial charge in [-0.25, -0.2) is 0 Å². The van der Waals surface area contributed by atoms with E-state index in [1.54, 1.807) is 0 Å². The first-order valence-corrected chi connectivity index (χ1v) is 7.86. The third kappa shape index (κ3) is 3.98. The second kappa shape index (κ2) is 7.68. The lowest BCUT2D eigenvalue weighted by molar-refractivity contribution is 0.745. The van der Waals surface area contributed by atoms with E-state index in [2.05, 4.69) is 73.9 Å². The molecular formula is C20H25N. The normalized spacial score (nSPS) is 10.4. The number of rotatable bonds is 7. The molecule has 0 saturated carbocycles. The molecule has 0 fully saturated rings. The summed E-state index contributed by atoms with van der Waals surface area (Å²) in [6, 6.07) is 19.1. The van der Waals surface area contributed by atoms with Gasteiger partial charge in [0, 0.05) is 18.8 Å². The number of nitrogens with zero attached hydrogens (tertiary/aromatic N) is 1. The van der Waals surface area contributed by atoms with Gasteiger partial charge in [0.1, 0.15) is 0 Å². The van der Waals surface area contributed by atoms with Crippen LogP contribution in [0.2, 0.25) is 0 Å². The van der Waals surface area contributed by atoms with Crippen molar-refractivity contribution in [2.75, 3.05) is 18.0 Å². The summed E-state index contributed by atoms with van der Waals surface area (Å²) in [7, 11) is 0. The molecule has 1 heteroatoms. The molecule has 0 heterocycles. The second-order valence-corrected chi connectivity index (χ2v) is 5.38. The Morgan fingerprint density at radius 1 is 0.857 bits per heavy atom. The highest BCUT2D eigenvalue weighted by atomic mass is 15.1. The molecule has 21 heavy (non-hydrogen) atoms. The predicted octanol–water partition coefficient (Wildman–Crippen LogP) is 5.37. The van der Waals surface area contributed by atoms with Crippen LogP contribution >= 0.6 is 0 Å². The van der Waals surface area contributed by atoms with Gasteiger partial charge in [-0.05, 0) is 41.7 Å². The number of hydrogen-bond acceptors (Lipinski definition) is 1. The number of benzene rings is 2. The van der Waals surface area contributed by atoms with E-state index in [1.807, 2.05) is 6.07 Å². The maximum absolute atomic E-state index is 4.27. The molecule has 0 aliphatic heterocycles. The molecule has 1 nitrogen and oxygen atoms in total. The smallest absolute Gasteiger partial charge is 0.0372 e. The standard InChI is InChI=1S/C20H25N/c1-4-14-21(15-5-2)20-13-9-12-19(16-20)17(3)18-10-7-6-8-11-18/h6-13,16H,3-5,14-15H2,1-2H3. The number of hydrogen-bond donors (Lipinski definition) is 0. The molecule has 2 aromatic carbocycles. The molecular weight excluding hydrogens is 254 g/mol. The molecule has 2 rings (SSSR count). The molecule has 0 unspecified atom stereocenters. The molecule has 110 valence electrons. The van der Waals surface area contributed by atoms with Gasteiger partial charge in [0.2, 0.25) is 0 Å². The average molecular weight is 279 g/mol. The van der Waals surface area contributed by atoms with Crippen molar-refractivity contribution in [3.63, 3.8) is 0 Å². The summed E-state index contributed by atoms with van der Waals surface area (Å²) >= 11 is 0. The lowest BCUT2D eigenvalue weighted by atomic mass is 9.99. The maximum Gasteiger partial charge on any atom is 0.0372 e. The van der Waals surface area contributed by atoms with Crippen molar-refractivity contribution in [1.82, 2.24) is 0 Å². The Hall–Kier alpha value is -2.02. The van der Waals surface area contributed by atoms with Crippen LogP contribution in [0.3, 0.4) is 0 Å². The van der Waals surface area contributed by atoms with Crippen molar-refractivity contribution < 1.29 is 0 Å². The first-order valence-electron chi connectivity index (χ1n) is 7.86. The third-order valence-corrected chi connectivity index (χ3v) is 3.67. The van der Waals surface area contributed by atoms with Crippen LogP contribution in [-0.2, 0) is 0 Å². The summed E-state index contributed by atoms with van der Waals surface area (Å²) in [5.74, 6) is 0. The minimum absolute atomic E-state index is 1.09. The monoisotopic (exact) mass is 279 g/mol. The summed E-state index contributed by atoms with van der Waals surface area (Å²) in [5, 5.41) is 0. The average Bonchev–Trinajstić information content (AvgIpc) is 2.55. The Labute approximate surface area is 128 Å². The fourth-order valence-electron chi connectivity index (χ4n) is 2.61. The summed E-state index contributed by atoms with van der Waals surface area (Å²) in [6.07, 6.45) is 2.34. The van der Waals surface area contributed by atoms with E-state index in [1.165, 1.54) is 29.7 Å².